The zero-order chi connectivity index (χ0) is 13.2. The molecule has 6 heteroatoms. The van der Waals surface area contributed by atoms with E-state index in [0.717, 1.165) is 6.42 Å². The fourth-order valence-electron chi connectivity index (χ4n) is 1.44. The van der Waals surface area contributed by atoms with E-state index in [1.807, 2.05) is 6.92 Å². The predicted molar refractivity (Wildman–Crippen MR) is 61.8 cm³/mol. The first-order chi connectivity index (χ1) is 8.72. The van der Waals surface area contributed by atoms with E-state index in [2.05, 4.69) is 0 Å². The zero-order valence-corrected chi connectivity index (χ0v) is 10.7. The highest BCUT2D eigenvalue weighted by atomic mass is 16.7. The van der Waals surface area contributed by atoms with Crippen molar-refractivity contribution in [2.75, 3.05) is 26.6 Å². The Hall–Kier alpha value is -1.14. The lowest BCUT2D eigenvalue weighted by Gasteiger charge is -2.22. The second kappa shape index (κ2) is 8.88. The van der Waals surface area contributed by atoms with E-state index in [-0.39, 0.29) is 37.7 Å². The van der Waals surface area contributed by atoms with Crippen LogP contribution in [0.1, 0.15) is 32.6 Å². The first-order valence-corrected chi connectivity index (χ1v) is 6.23. The Morgan fingerprint density at radius 3 is 2.50 bits per heavy atom. The van der Waals surface area contributed by atoms with Crippen molar-refractivity contribution in [1.29, 1.82) is 0 Å². The second-order valence-electron chi connectivity index (χ2n) is 4.05. The molecule has 1 aliphatic heterocycles. The molecular formula is C12H20O6. The second-order valence-corrected chi connectivity index (χ2v) is 4.05. The van der Waals surface area contributed by atoms with Crippen molar-refractivity contribution in [1.82, 2.24) is 0 Å². The van der Waals surface area contributed by atoms with Gasteiger partial charge in [0, 0.05) is 12.8 Å². The summed E-state index contributed by atoms with van der Waals surface area (Å²) in [6, 6.07) is 0. The van der Waals surface area contributed by atoms with Gasteiger partial charge in [0.05, 0.1) is 19.8 Å². The van der Waals surface area contributed by atoms with Crippen molar-refractivity contribution in [3.8, 4) is 0 Å². The Kier molecular flexibility index (Phi) is 7.36. The van der Waals surface area contributed by atoms with Crippen LogP contribution in [0.3, 0.4) is 0 Å². The largest absolute Gasteiger partial charge is 0.466 e. The van der Waals surface area contributed by atoms with Gasteiger partial charge in [-0.1, -0.05) is 6.92 Å². The lowest BCUT2D eigenvalue weighted by Crippen LogP contribution is -2.33. The summed E-state index contributed by atoms with van der Waals surface area (Å²) in [4.78, 5) is 22.6. The minimum absolute atomic E-state index is 0.206. The summed E-state index contributed by atoms with van der Waals surface area (Å²) in [5.74, 6) is -0.605. The van der Waals surface area contributed by atoms with Gasteiger partial charge in [-0.25, -0.2) is 0 Å². The molecule has 1 aliphatic rings. The Morgan fingerprint density at radius 1 is 1.17 bits per heavy atom. The molecule has 0 amide bonds. The van der Waals surface area contributed by atoms with Crippen LogP contribution in [0.2, 0.25) is 0 Å². The van der Waals surface area contributed by atoms with E-state index in [0.29, 0.717) is 26.2 Å². The van der Waals surface area contributed by atoms with Gasteiger partial charge in [0.15, 0.2) is 0 Å². The van der Waals surface area contributed by atoms with E-state index >= 15 is 0 Å². The summed E-state index contributed by atoms with van der Waals surface area (Å²) in [5.41, 5.74) is 0. The zero-order valence-electron chi connectivity index (χ0n) is 10.7. The van der Waals surface area contributed by atoms with Crippen LogP contribution in [0.4, 0.5) is 0 Å². The Balaban J connectivity index is 2.04. The molecule has 1 fully saturated rings. The molecule has 0 aromatic rings. The normalized spacial score (nSPS) is 16.3. The summed E-state index contributed by atoms with van der Waals surface area (Å²) in [5, 5.41) is 0. The number of carbonyl (C=O) groups excluding carboxylic acids is 2. The fourth-order valence-corrected chi connectivity index (χ4v) is 1.44. The van der Waals surface area contributed by atoms with E-state index in [1.165, 1.54) is 0 Å². The molecule has 0 atom stereocenters. The molecule has 0 spiro atoms. The van der Waals surface area contributed by atoms with Crippen LogP contribution < -0.4 is 0 Å². The van der Waals surface area contributed by atoms with Crippen LogP contribution in [0.15, 0.2) is 0 Å². The van der Waals surface area contributed by atoms with E-state index in [1.54, 1.807) is 0 Å². The number of carbonyl (C=O) groups is 2. The maximum atomic E-state index is 11.4. The number of ether oxygens (including phenoxy) is 4. The topological polar surface area (TPSA) is 71.1 Å². The average molecular weight is 260 g/mol. The standard InChI is InChI=1S/C12H20O6/c1-2-6-17-11(13)4-3-5-12(14)18-10-7-15-9-16-8-10/h10H,2-9H2,1H3. The fraction of sp³-hybridized carbons (Fsp3) is 0.833. The van der Waals surface area contributed by atoms with Crippen LogP contribution >= 0.6 is 0 Å². The molecule has 1 saturated heterocycles. The summed E-state index contributed by atoms with van der Waals surface area (Å²) in [6.07, 6.45) is 1.36. The lowest BCUT2D eigenvalue weighted by atomic mass is 10.2. The number of esters is 2. The van der Waals surface area contributed by atoms with E-state index in [9.17, 15) is 9.59 Å². The molecule has 0 aliphatic carbocycles. The monoisotopic (exact) mass is 260 g/mol. The molecule has 104 valence electrons. The van der Waals surface area contributed by atoms with Gasteiger partial charge in [-0.2, -0.15) is 0 Å². The minimum Gasteiger partial charge on any atom is -0.466 e. The highest BCUT2D eigenvalue weighted by Crippen LogP contribution is 2.06. The number of rotatable bonds is 7. The predicted octanol–water partition coefficient (Wildman–Crippen LogP) is 1.03. The van der Waals surface area contributed by atoms with Gasteiger partial charge >= 0.3 is 11.9 Å². The first kappa shape index (κ1) is 14.9. The minimum atomic E-state index is -0.336. The molecule has 1 rings (SSSR count). The van der Waals surface area contributed by atoms with Crippen LogP contribution in [-0.2, 0) is 28.5 Å². The molecule has 0 aromatic carbocycles. The van der Waals surface area contributed by atoms with Crippen molar-refractivity contribution in [3.63, 3.8) is 0 Å². The molecule has 0 saturated carbocycles. The smallest absolute Gasteiger partial charge is 0.306 e. The Morgan fingerprint density at radius 2 is 1.83 bits per heavy atom. The SMILES string of the molecule is CCCOC(=O)CCCC(=O)OC1COCOC1. The Bertz CT molecular complexity index is 259. The van der Waals surface area contributed by atoms with E-state index < -0.39 is 0 Å². The molecule has 0 bridgehead atoms. The summed E-state index contributed by atoms with van der Waals surface area (Å²) in [6.45, 7) is 3.34. The van der Waals surface area contributed by atoms with Crippen molar-refractivity contribution in [2.45, 2.75) is 38.7 Å². The number of hydrogen-bond donors (Lipinski definition) is 0. The molecule has 18 heavy (non-hydrogen) atoms. The van der Waals surface area contributed by atoms with Crippen molar-refractivity contribution in [2.24, 2.45) is 0 Å². The van der Waals surface area contributed by atoms with Gasteiger partial charge in [-0.15, -0.1) is 0 Å². The molecule has 0 radical (unpaired) electrons. The molecule has 0 aromatic heterocycles. The van der Waals surface area contributed by atoms with Crippen LogP contribution in [-0.4, -0.2) is 44.7 Å². The highest BCUT2D eigenvalue weighted by Gasteiger charge is 2.18. The third-order valence-electron chi connectivity index (χ3n) is 2.30. The Labute approximate surface area is 107 Å². The molecule has 6 nitrogen and oxygen atoms in total. The molecule has 1 heterocycles. The third-order valence-corrected chi connectivity index (χ3v) is 2.30. The van der Waals surface area contributed by atoms with Crippen LogP contribution in [0.5, 0.6) is 0 Å². The van der Waals surface area contributed by atoms with Crippen LogP contribution in [0.25, 0.3) is 0 Å². The first-order valence-electron chi connectivity index (χ1n) is 6.23. The van der Waals surface area contributed by atoms with Crippen molar-refractivity contribution in [3.05, 3.63) is 0 Å². The molecular weight excluding hydrogens is 240 g/mol. The lowest BCUT2D eigenvalue weighted by molar-refractivity contribution is -0.183. The average Bonchev–Trinajstić information content (AvgIpc) is 2.37. The van der Waals surface area contributed by atoms with E-state index in [4.69, 9.17) is 18.9 Å². The maximum absolute atomic E-state index is 11.4. The third kappa shape index (κ3) is 6.56. The summed E-state index contributed by atoms with van der Waals surface area (Å²) in [7, 11) is 0. The van der Waals surface area contributed by atoms with Gasteiger partial charge in [0.2, 0.25) is 0 Å². The maximum Gasteiger partial charge on any atom is 0.306 e. The van der Waals surface area contributed by atoms with Gasteiger partial charge in [0.1, 0.15) is 12.9 Å². The highest BCUT2D eigenvalue weighted by molar-refractivity contribution is 5.72. The van der Waals surface area contributed by atoms with Crippen molar-refractivity contribution >= 4 is 11.9 Å². The van der Waals surface area contributed by atoms with Gasteiger partial charge in [-0.3, -0.25) is 9.59 Å². The van der Waals surface area contributed by atoms with Gasteiger partial charge < -0.3 is 18.9 Å². The quantitative estimate of drug-likeness (QED) is 0.637. The molecule has 0 N–H and O–H groups in total. The van der Waals surface area contributed by atoms with Gasteiger partial charge in [0.25, 0.3) is 0 Å². The molecule has 0 unspecified atom stereocenters. The number of hydrogen-bond acceptors (Lipinski definition) is 6. The van der Waals surface area contributed by atoms with Gasteiger partial charge in [-0.05, 0) is 12.8 Å². The van der Waals surface area contributed by atoms with Crippen molar-refractivity contribution < 1.29 is 28.5 Å². The van der Waals surface area contributed by atoms with Crippen LogP contribution in [0, 0.1) is 0 Å². The summed E-state index contributed by atoms with van der Waals surface area (Å²) >= 11 is 0. The summed E-state index contributed by atoms with van der Waals surface area (Å²) < 4.78 is 20.0.